The quantitative estimate of drug-likeness (QED) is 0.724. The molecular weight excluding hydrogens is 232 g/mol. The van der Waals surface area contributed by atoms with Crippen LogP contribution in [0.1, 0.15) is 37.0 Å². The summed E-state index contributed by atoms with van der Waals surface area (Å²) in [6.07, 6.45) is 2.79. The monoisotopic (exact) mass is 252 g/mol. The minimum atomic E-state index is -0.374. The van der Waals surface area contributed by atoms with E-state index in [0.717, 1.165) is 12.8 Å². The van der Waals surface area contributed by atoms with Crippen molar-refractivity contribution in [2.75, 3.05) is 18.5 Å². The summed E-state index contributed by atoms with van der Waals surface area (Å²) >= 11 is 0. The summed E-state index contributed by atoms with van der Waals surface area (Å²) in [5.41, 5.74) is 0.427. The van der Waals surface area contributed by atoms with E-state index in [2.05, 4.69) is 10.3 Å². The van der Waals surface area contributed by atoms with Crippen LogP contribution >= 0.6 is 0 Å². The number of aromatic nitrogens is 1. The van der Waals surface area contributed by atoms with E-state index in [0.29, 0.717) is 24.5 Å². The third-order valence-electron chi connectivity index (χ3n) is 2.42. The average molecular weight is 252 g/mol. The van der Waals surface area contributed by atoms with Crippen LogP contribution < -0.4 is 5.32 Å². The van der Waals surface area contributed by atoms with Gasteiger partial charge in [0.05, 0.1) is 18.3 Å². The third-order valence-corrected chi connectivity index (χ3v) is 2.42. The SMILES string of the molecule is CCCC(O)CNc1ccc(C(=O)OCC)cn1. The van der Waals surface area contributed by atoms with Crippen LogP contribution in [0.3, 0.4) is 0 Å². The highest BCUT2D eigenvalue weighted by Crippen LogP contribution is 2.07. The Kier molecular flexibility index (Phi) is 6.14. The van der Waals surface area contributed by atoms with Gasteiger partial charge in [0.1, 0.15) is 5.82 Å². The van der Waals surface area contributed by atoms with E-state index in [4.69, 9.17) is 4.74 Å². The van der Waals surface area contributed by atoms with Gasteiger partial charge in [0.15, 0.2) is 0 Å². The first kappa shape index (κ1) is 14.4. The lowest BCUT2D eigenvalue weighted by atomic mass is 10.2. The molecule has 1 unspecified atom stereocenters. The smallest absolute Gasteiger partial charge is 0.339 e. The van der Waals surface area contributed by atoms with Crippen LogP contribution in [0.2, 0.25) is 0 Å². The molecule has 0 spiro atoms. The summed E-state index contributed by atoms with van der Waals surface area (Å²) in [5.74, 6) is 0.265. The van der Waals surface area contributed by atoms with Crippen molar-refractivity contribution in [3.05, 3.63) is 23.9 Å². The van der Waals surface area contributed by atoms with Gasteiger partial charge in [-0.25, -0.2) is 9.78 Å². The summed E-state index contributed by atoms with van der Waals surface area (Å²) < 4.78 is 4.86. The second-order valence-electron chi connectivity index (χ2n) is 3.98. The van der Waals surface area contributed by atoms with Crippen LogP contribution in [0.5, 0.6) is 0 Å². The molecule has 1 aromatic heterocycles. The first-order valence-electron chi connectivity index (χ1n) is 6.22. The van der Waals surface area contributed by atoms with Crippen LogP contribution in [0.15, 0.2) is 18.3 Å². The molecule has 0 aliphatic carbocycles. The minimum absolute atomic E-state index is 0.349. The van der Waals surface area contributed by atoms with Gasteiger partial charge in [-0.1, -0.05) is 13.3 Å². The molecule has 18 heavy (non-hydrogen) atoms. The fraction of sp³-hybridized carbons (Fsp3) is 0.538. The summed E-state index contributed by atoms with van der Waals surface area (Å²) in [7, 11) is 0. The Morgan fingerprint density at radius 1 is 1.50 bits per heavy atom. The highest BCUT2D eigenvalue weighted by Gasteiger charge is 2.07. The molecule has 100 valence electrons. The molecule has 2 N–H and O–H groups in total. The minimum Gasteiger partial charge on any atom is -0.462 e. The highest BCUT2D eigenvalue weighted by atomic mass is 16.5. The van der Waals surface area contributed by atoms with Gasteiger partial charge >= 0.3 is 5.97 Å². The molecule has 0 radical (unpaired) electrons. The van der Waals surface area contributed by atoms with Crippen molar-refractivity contribution in [3.63, 3.8) is 0 Å². The third kappa shape index (κ3) is 4.71. The fourth-order valence-electron chi connectivity index (χ4n) is 1.49. The first-order chi connectivity index (χ1) is 8.67. The number of pyridine rings is 1. The highest BCUT2D eigenvalue weighted by molar-refractivity contribution is 5.89. The van der Waals surface area contributed by atoms with Crippen molar-refractivity contribution in [2.45, 2.75) is 32.8 Å². The van der Waals surface area contributed by atoms with Gasteiger partial charge in [0.25, 0.3) is 0 Å². The van der Waals surface area contributed by atoms with Crippen molar-refractivity contribution in [2.24, 2.45) is 0 Å². The number of aliphatic hydroxyl groups is 1. The first-order valence-corrected chi connectivity index (χ1v) is 6.22. The number of anilines is 1. The predicted molar refractivity (Wildman–Crippen MR) is 69.6 cm³/mol. The topological polar surface area (TPSA) is 71.5 Å². The van der Waals surface area contributed by atoms with E-state index in [9.17, 15) is 9.90 Å². The molecule has 1 heterocycles. The van der Waals surface area contributed by atoms with E-state index < -0.39 is 0 Å². The molecule has 1 aromatic rings. The van der Waals surface area contributed by atoms with E-state index in [1.165, 1.54) is 6.20 Å². The number of carbonyl (C=O) groups excluding carboxylic acids is 1. The molecule has 5 heteroatoms. The van der Waals surface area contributed by atoms with Crippen molar-refractivity contribution >= 4 is 11.8 Å². The lowest BCUT2D eigenvalue weighted by Gasteiger charge is -2.11. The van der Waals surface area contributed by atoms with Crippen LogP contribution in [0.25, 0.3) is 0 Å². The number of nitrogens with zero attached hydrogens (tertiary/aromatic N) is 1. The number of ether oxygens (including phenoxy) is 1. The van der Waals surface area contributed by atoms with Gasteiger partial charge in [-0.3, -0.25) is 0 Å². The average Bonchev–Trinajstić information content (AvgIpc) is 2.37. The van der Waals surface area contributed by atoms with Crippen LogP contribution in [-0.2, 0) is 4.74 Å². The molecule has 5 nitrogen and oxygen atoms in total. The summed E-state index contributed by atoms with van der Waals surface area (Å²) in [5, 5.41) is 12.6. The molecule has 0 saturated carbocycles. The van der Waals surface area contributed by atoms with E-state index in [1.807, 2.05) is 6.92 Å². The Balaban J connectivity index is 2.47. The zero-order chi connectivity index (χ0) is 13.4. The Labute approximate surface area is 107 Å². The molecule has 0 bridgehead atoms. The molecule has 1 atom stereocenters. The molecule has 0 aromatic carbocycles. The van der Waals surface area contributed by atoms with Gasteiger partial charge in [-0.15, -0.1) is 0 Å². The van der Waals surface area contributed by atoms with Gasteiger partial charge in [0, 0.05) is 12.7 Å². The Bertz CT molecular complexity index is 365. The van der Waals surface area contributed by atoms with Crippen LogP contribution in [0.4, 0.5) is 5.82 Å². The second-order valence-corrected chi connectivity index (χ2v) is 3.98. The Morgan fingerprint density at radius 2 is 2.28 bits per heavy atom. The van der Waals surface area contributed by atoms with Gasteiger partial charge < -0.3 is 15.2 Å². The number of hydrogen-bond donors (Lipinski definition) is 2. The summed E-state index contributed by atoms with van der Waals surface area (Å²) in [6, 6.07) is 3.35. The van der Waals surface area contributed by atoms with E-state index in [-0.39, 0.29) is 12.1 Å². The molecule has 0 saturated heterocycles. The number of rotatable bonds is 7. The maximum absolute atomic E-state index is 11.4. The predicted octanol–water partition coefficient (Wildman–Crippen LogP) is 1.83. The molecule has 0 fully saturated rings. The molecule has 0 aliphatic heterocycles. The lowest BCUT2D eigenvalue weighted by Crippen LogP contribution is -2.19. The second kappa shape index (κ2) is 7.66. The maximum atomic E-state index is 11.4. The lowest BCUT2D eigenvalue weighted by molar-refractivity contribution is 0.0526. The van der Waals surface area contributed by atoms with Crippen LogP contribution in [-0.4, -0.2) is 35.3 Å². The standard InChI is InChI=1S/C13H20N2O3/c1-3-5-11(16)9-15-12-7-6-10(8-14-12)13(17)18-4-2/h6-8,11,16H,3-5,9H2,1-2H3,(H,14,15). The summed E-state index contributed by atoms with van der Waals surface area (Å²) in [6.45, 7) is 4.59. The number of hydrogen-bond acceptors (Lipinski definition) is 5. The van der Waals surface area contributed by atoms with Gasteiger partial charge in [-0.05, 0) is 25.5 Å². The number of carbonyl (C=O) groups is 1. The normalized spacial score (nSPS) is 11.9. The van der Waals surface area contributed by atoms with Crippen molar-refractivity contribution in [1.82, 2.24) is 4.98 Å². The molecule has 1 rings (SSSR count). The molecule has 0 aliphatic rings. The fourth-order valence-corrected chi connectivity index (χ4v) is 1.49. The maximum Gasteiger partial charge on any atom is 0.339 e. The van der Waals surface area contributed by atoms with Crippen molar-refractivity contribution in [3.8, 4) is 0 Å². The Morgan fingerprint density at radius 3 is 2.83 bits per heavy atom. The van der Waals surface area contributed by atoms with Crippen molar-refractivity contribution < 1.29 is 14.6 Å². The van der Waals surface area contributed by atoms with Gasteiger partial charge in [-0.2, -0.15) is 0 Å². The number of aliphatic hydroxyl groups excluding tert-OH is 1. The zero-order valence-electron chi connectivity index (χ0n) is 10.8. The van der Waals surface area contributed by atoms with Crippen LogP contribution in [0, 0.1) is 0 Å². The number of esters is 1. The zero-order valence-corrected chi connectivity index (χ0v) is 10.8. The van der Waals surface area contributed by atoms with Crippen molar-refractivity contribution in [1.29, 1.82) is 0 Å². The van der Waals surface area contributed by atoms with E-state index >= 15 is 0 Å². The van der Waals surface area contributed by atoms with Gasteiger partial charge in [0.2, 0.25) is 0 Å². The van der Waals surface area contributed by atoms with E-state index in [1.54, 1.807) is 19.1 Å². The Hall–Kier alpha value is -1.62. The molecule has 0 amide bonds. The number of nitrogens with one attached hydrogen (secondary N) is 1. The summed E-state index contributed by atoms with van der Waals surface area (Å²) in [4.78, 5) is 15.5. The molecular formula is C13H20N2O3. The largest absolute Gasteiger partial charge is 0.462 e.